The summed E-state index contributed by atoms with van der Waals surface area (Å²) in [5.41, 5.74) is 32.1. The number of rotatable bonds is 13. The van der Waals surface area contributed by atoms with Gasteiger partial charge in [-0.2, -0.15) is 0 Å². The smallest absolute Gasteiger partial charge is 0.252 e. The van der Waals surface area contributed by atoms with E-state index in [1.807, 2.05) is 0 Å². The van der Waals surface area contributed by atoms with Gasteiger partial charge in [-0.1, -0.05) is 328 Å². The van der Waals surface area contributed by atoms with Crippen molar-refractivity contribution in [3.05, 3.63) is 425 Å². The largest absolute Gasteiger partial charge is 0.311 e. The maximum Gasteiger partial charge on any atom is 0.252 e. The van der Waals surface area contributed by atoms with Gasteiger partial charge in [0.25, 0.3) is 6.71 Å². The Morgan fingerprint density at radius 3 is 0.727 bits per heavy atom. The summed E-state index contributed by atoms with van der Waals surface area (Å²) in [6, 6.07) is 158. The Balaban J connectivity index is 0.822. The topological polar surface area (TPSA) is 9.72 Å². The van der Waals surface area contributed by atoms with Crippen LogP contribution < -0.4 is 31.1 Å². The maximum absolute atomic E-state index is 2.58. The molecule has 0 atom stereocenters. The molecule has 110 heavy (non-hydrogen) atoms. The molecule has 19 aromatic rings. The number of nitrogens with zero attached hydrogens (tertiary/aromatic N) is 3. The quantitative estimate of drug-likeness (QED) is 0.107. The molecule has 0 fully saturated rings. The average molecular weight is 1400 g/mol. The van der Waals surface area contributed by atoms with Crippen LogP contribution in [0.3, 0.4) is 0 Å². The third-order valence-corrected chi connectivity index (χ3v) is 22.8. The van der Waals surface area contributed by atoms with Crippen molar-refractivity contribution in [2.45, 2.75) is 0 Å². The second-order valence-electron chi connectivity index (χ2n) is 29.1. The van der Waals surface area contributed by atoms with Crippen LogP contribution in [0.4, 0.5) is 51.2 Å². The van der Waals surface area contributed by atoms with Crippen LogP contribution in [0.2, 0.25) is 0 Å². The van der Waals surface area contributed by atoms with Gasteiger partial charge in [-0.25, -0.2) is 0 Å². The highest BCUT2D eigenvalue weighted by Gasteiger charge is 2.45. The molecule has 0 radical (unpaired) electrons. The van der Waals surface area contributed by atoms with Crippen molar-refractivity contribution in [3.8, 4) is 89.0 Å². The second kappa shape index (κ2) is 26.9. The second-order valence-corrected chi connectivity index (χ2v) is 29.1. The monoisotopic (exact) mass is 1400 g/mol. The van der Waals surface area contributed by atoms with Gasteiger partial charge in [0.15, 0.2) is 0 Å². The lowest BCUT2D eigenvalue weighted by Gasteiger charge is -2.45. The molecule has 19 aromatic carbocycles. The lowest BCUT2D eigenvalue weighted by molar-refractivity contribution is 1.23. The number of hydrogen-bond acceptors (Lipinski definition) is 3. The summed E-state index contributed by atoms with van der Waals surface area (Å²) < 4.78 is 0. The lowest BCUT2D eigenvalue weighted by Crippen LogP contribution is -2.61. The van der Waals surface area contributed by atoms with Gasteiger partial charge in [0.1, 0.15) is 0 Å². The number of hydrogen-bond donors (Lipinski definition) is 0. The summed E-state index contributed by atoms with van der Waals surface area (Å²) in [5, 5.41) is 9.78. The molecule has 0 saturated heterocycles. The molecule has 21 rings (SSSR count). The summed E-state index contributed by atoms with van der Waals surface area (Å²) in [7, 11) is 0. The van der Waals surface area contributed by atoms with Gasteiger partial charge >= 0.3 is 0 Å². The van der Waals surface area contributed by atoms with Gasteiger partial charge in [0.2, 0.25) is 0 Å². The number of para-hydroxylation sites is 2. The van der Waals surface area contributed by atoms with Crippen LogP contribution in [0.1, 0.15) is 0 Å². The fraction of sp³-hybridized carbons (Fsp3) is 0. The van der Waals surface area contributed by atoms with Gasteiger partial charge in [-0.15, -0.1) is 0 Å². The number of benzene rings is 19. The van der Waals surface area contributed by atoms with Crippen LogP contribution in [0.15, 0.2) is 425 Å². The van der Waals surface area contributed by atoms with E-state index in [-0.39, 0.29) is 6.71 Å². The van der Waals surface area contributed by atoms with Gasteiger partial charge in [-0.05, 0) is 246 Å². The summed E-state index contributed by atoms with van der Waals surface area (Å²) in [6.07, 6.45) is 0. The van der Waals surface area contributed by atoms with Crippen LogP contribution in [0, 0.1) is 0 Å². The zero-order valence-corrected chi connectivity index (χ0v) is 60.3. The molecular formula is C106H70BN3. The molecule has 512 valence electrons. The van der Waals surface area contributed by atoms with E-state index in [4.69, 9.17) is 0 Å². The van der Waals surface area contributed by atoms with Gasteiger partial charge < -0.3 is 14.7 Å². The van der Waals surface area contributed by atoms with E-state index in [0.717, 1.165) is 73.4 Å². The van der Waals surface area contributed by atoms with Crippen LogP contribution in [0.5, 0.6) is 0 Å². The summed E-state index contributed by atoms with van der Waals surface area (Å²) >= 11 is 0. The molecular weight excluding hydrogens is 1330 g/mol. The van der Waals surface area contributed by atoms with E-state index in [0.29, 0.717) is 0 Å². The fourth-order valence-electron chi connectivity index (χ4n) is 17.6. The molecule has 0 spiro atoms. The van der Waals surface area contributed by atoms with Crippen molar-refractivity contribution in [3.63, 3.8) is 0 Å². The minimum atomic E-state index is -0.268. The summed E-state index contributed by atoms with van der Waals surface area (Å²) in [4.78, 5) is 7.59. The minimum Gasteiger partial charge on any atom is -0.311 e. The highest BCUT2D eigenvalue weighted by Crippen LogP contribution is 2.51. The zero-order valence-electron chi connectivity index (χ0n) is 60.3. The van der Waals surface area contributed by atoms with Gasteiger partial charge in [0, 0.05) is 45.5 Å². The normalized spacial score (nSPS) is 12.1. The average Bonchev–Trinajstić information content (AvgIpc) is 0.692. The molecule has 0 bridgehead atoms. The fourth-order valence-corrected chi connectivity index (χ4v) is 17.6. The van der Waals surface area contributed by atoms with E-state index in [9.17, 15) is 0 Å². The Bertz CT molecular complexity index is 6400. The molecule has 0 saturated carbocycles. The highest BCUT2D eigenvalue weighted by molar-refractivity contribution is 7.00. The summed E-state index contributed by atoms with van der Waals surface area (Å²) in [5.74, 6) is 0. The molecule has 0 aliphatic carbocycles. The Hall–Kier alpha value is -14.3. The predicted octanol–water partition coefficient (Wildman–Crippen LogP) is 27.2. The molecule has 3 nitrogen and oxygen atoms in total. The Kier molecular flexibility index (Phi) is 15.7. The highest BCUT2D eigenvalue weighted by atomic mass is 15.2. The first-order valence-electron chi connectivity index (χ1n) is 38.0. The molecule has 0 amide bonds. The molecule has 4 heteroatoms. The van der Waals surface area contributed by atoms with Gasteiger partial charge in [-0.3, -0.25) is 0 Å². The van der Waals surface area contributed by atoms with E-state index in [2.05, 4.69) is 439 Å². The molecule has 2 aliphatic heterocycles. The minimum absolute atomic E-state index is 0.268. The first-order valence-corrected chi connectivity index (χ1v) is 38.0. The Morgan fingerprint density at radius 1 is 0.173 bits per heavy atom. The van der Waals surface area contributed by atoms with Crippen molar-refractivity contribution >= 4 is 117 Å². The predicted molar refractivity (Wildman–Crippen MR) is 469 cm³/mol. The van der Waals surface area contributed by atoms with E-state index < -0.39 is 0 Å². The first-order chi connectivity index (χ1) is 54.5. The van der Waals surface area contributed by atoms with Crippen LogP contribution in [0.25, 0.3) is 132 Å². The summed E-state index contributed by atoms with van der Waals surface area (Å²) in [6.45, 7) is -0.268. The first kappa shape index (κ1) is 64.1. The van der Waals surface area contributed by atoms with Crippen LogP contribution >= 0.6 is 0 Å². The van der Waals surface area contributed by atoms with E-state index in [1.165, 1.54) is 126 Å². The van der Waals surface area contributed by atoms with Crippen molar-refractivity contribution in [1.82, 2.24) is 0 Å². The lowest BCUT2D eigenvalue weighted by atomic mass is 9.33. The van der Waals surface area contributed by atoms with E-state index >= 15 is 0 Å². The molecule has 2 aliphatic rings. The van der Waals surface area contributed by atoms with Crippen molar-refractivity contribution in [2.75, 3.05) is 14.7 Å². The van der Waals surface area contributed by atoms with Crippen molar-refractivity contribution < 1.29 is 0 Å². The van der Waals surface area contributed by atoms with Crippen molar-refractivity contribution in [2.24, 2.45) is 0 Å². The van der Waals surface area contributed by atoms with Crippen LogP contribution in [-0.4, -0.2) is 6.71 Å². The molecule has 2 heterocycles. The zero-order chi connectivity index (χ0) is 72.6. The maximum atomic E-state index is 2.58. The molecule has 0 unspecified atom stereocenters. The molecule has 0 aromatic heterocycles. The van der Waals surface area contributed by atoms with Crippen LogP contribution in [-0.2, 0) is 0 Å². The Labute approximate surface area is 641 Å². The SMILES string of the molecule is c1ccc(N(c2ccccc2)c2cc3c4c(c2)N(c2ccc(-c5ccccc5-c5ccc6ccccc6c5)cc2)c2ccc(-c5ccccc5-c5ccc6ccccc6c5)cc2B4c2cc(-c4ccccc4-c4ccc5ccccc5c4)ccc2N3c2ccc(-c3ccccc3-c3ccc4ccccc4c3)cc2)cc1. The van der Waals surface area contributed by atoms with E-state index in [1.54, 1.807) is 0 Å². The molecule has 0 N–H and O–H groups in total. The standard InChI is InChI=1S/C106H70BN3/c1-3-31-87(32-4-1)108(88-33-5-2-6-34-88)91-69-104-106-105(70-91)110(90-59-53-76(54-60-90)93-36-16-18-38-95(93)82-48-44-72-24-8-12-28-78(72)64-82)103-62-56-86(99-42-22-20-40-97(99)84-50-46-74-26-10-14-30-80(74)66-84)68-101(103)107(106)100-67-85(98-41-21-19-39-96(98)83-49-45-73-25-9-13-29-79(73)65-83)55-61-102(100)109(104)89-57-51-75(52-58-89)92-35-15-17-37-94(92)81-47-43-71-23-7-11-27-77(71)63-81/h1-70H. The van der Waals surface area contributed by atoms with Crippen molar-refractivity contribution in [1.29, 1.82) is 0 Å². The number of fused-ring (bicyclic) bond motifs is 8. The number of anilines is 9. The third kappa shape index (κ3) is 11.2. The van der Waals surface area contributed by atoms with Gasteiger partial charge in [0.05, 0.1) is 5.69 Å². The Morgan fingerprint density at radius 2 is 0.418 bits per heavy atom. The third-order valence-electron chi connectivity index (χ3n) is 22.8.